The molecule has 2 atom stereocenters. The maximum absolute atomic E-state index is 12.5. The predicted molar refractivity (Wildman–Crippen MR) is 86.6 cm³/mol. The summed E-state index contributed by atoms with van der Waals surface area (Å²) < 4.78 is 5.35. The second kappa shape index (κ2) is 6.96. The quantitative estimate of drug-likeness (QED) is 0.941. The molecule has 1 fully saturated rings. The summed E-state index contributed by atoms with van der Waals surface area (Å²) in [5, 5.41) is 13.4. The Hall–Kier alpha value is -2.14. The molecule has 1 amide bonds. The highest BCUT2D eigenvalue weighted by atomic mass is 16.5. The van der Waals surface area contributed by atoms with Gasteiger partial charge >= 0.3 is 0 Å². The van der Waals surface area contributed by atoms with E-state index in [1.807, 2.05) is 41.3 Å². The molecule has 1 aliphatic rings. The van der Waals surface area contributed by atoms with E-state index in [4.69, 9.17) is 4.52 Å². The van der Waals surface area contributed by atoms with Crippen molar-refractivity contribution < 1.29 is 14.4 Å². The number of carbonyl (C=O) groups is 1. The molecule has 5 heteroatoms. The monoisotopic (exact) mass is 314 g/mol. The molecule has 2 unspecified atom stereocenters. The first-order chi connectivity index (χ1) is 11.2. The Labute approximate surface area is 135 Å². The average Bonchev–Trinajstić information content (AvgIpc) is 3.04. The van der Waals surface area contributed by atoms with Crippen LogP contribution in [0.1, 0.15) is 25.5 Å². The lowest BCUT2D eigenvalue weighted by atomic mass is 9.93. The molecule has 1 N–H and O–H groups in total. The molecular formula is C18H22N2O3. The van der Waals surface area contributed by atoms with E-state index in [1.54, 1.807) is 0 Å². The molecule has 5 nitrogen and oxygen atoms in total. The van der Waals surface area contributed by atoms with Crippen LogP contribution in [0.2, 0.25) is 0 Å². The highest BCUT2D eigenvalue weighted by molar-refractivity contribution is 5.79. The maximum atomic E-state index is 12.5. The van der Waals surface area contributed by atoms with Crippen molar-refractivity contribution in [2.24, 2.45) is 5.92 Å². The molecule has 0 aliphatic carbocycles. The van der Waals surface area contributed by atoms with E-state index in [9.17, 15) is 9.90 Å². The number of likely N-dealkylation sites (tertiary alicyclic amines) is 1. The van der Waals surface area contributed by atoms with Gasteiger partial charge in [-0.2, -0.15) is 0 Å². The summed E-state index contributed by atoms with van der Waals surface area (Å²) in [4.78, 5) is 14.4. The number of amides is 1. The van der Waals surface area contributed by atoms with Gasteiger partial charge in [-0.15, -0.1) is 0 Å². The van der Waals surface area contributed by atoms with Gasteiger partial charge in [-0.1, -0.05) is 35.5 Å². The Morgan fingerprint density at radius 2 is 2.13 bits per heavy atom. The molecule has 3 rings (SSSR count). The standard InChI is InChI=1S/C18H22N2O3/c1-13-7-8-14(12-21)11-20(13)18(22)10-16-9-17(23-19-16)15-5-3-2-4-6-15/h2-6,9,13-14,21H,7-8,10-12H2,1H3. The Bertz CT molecular complexity index is 653. The van der Waals surface area contributed by atoms with Crippen LogP contribution in [0.5, 0.6) is 0 Å². The third-order valence-corrected chi connectivity index (χ3v) is 4.51. The Kier molecular flexibility index (Phi) is 4.76. The van der Waals surface area contributed by atoms with Crippen molar-refractivity contribution in [3.8, 4) is 11.3 Å². The molecule has 23 heavy (non-hydrogen) atoms. The summed E-state index contributed by atoms with van der Waals surface area (Å²) in [7, 11) is 0. The third-order valence-electron chi connectivity index (χ3n) is 4.51. The molecule has 1 aliphatic heterocycles. The number of piperidine rings is 1. The Morgan fingerprint density at radius 1 is 1.35 bits per heavy atom. The Balaban J connectivity index is 1.67. The van der Waals surface area contributed by atoms with Crippen molar-refractivity contribution in [2.45, 2.75) is 32.2 Å². The normalized spacial score (nSPS) is 21.4. The van der Waals surface area contributed by atoms with E-state index in [0.29, 0.717) is 18.0 Å². The predicted octanol–water partition coefficient (Wildman–Crippen LogP) is 2.50. The average molecular weight is 314 g/mol. The van der Waals surface area contributed by atoms with E-state index in [0.717, 1.165) is 18.4 Å². The topological polar surface area (TPSA) is 66.6 Å². The van der Waals surface area contributed by atoms with E-state index in [1.165, 1.54) is 0 Å². The van der Waals surface area contributed by atoms with Gasteiger partial charge in [0, 0.05) is 30.8 Å². The van der Waals surface area contributed by atoms with Crippen LogP contribution in [0.4, 0.5) is 0 Å². The maximum Gasteiger partial charge on any atom is 0.228 e. The summed E-state index contributed by atoms with van der Waals surface area (Å²) in [6, 6.07) is 11.8. The first-order valence-corrected chi connectivity index (χ1v) is 8.08. The first kappa shape index (κ1) is 15.7. The van der Waals surface area contributed by atoms with Crippen LogP contribution in [-0.4, -0.2) is 40.3 Å². The van der Waals surface area contributed by atoms with Crippen LogP contribution in [0.3, 0.4) is 0 Å². The summed E-state index contributed by atoms with van der Waals surface area (Å²) in [6.07, 6.45) is 2.15. The number of rotatable bonds is 4. The number of benzene rings is 1. The second-order valence-corrected chi connectivity index (χ2v) is 6.25. The Morgan fingerprint density at radius 3 is 2.87 bits per heavy atom. The third kappa shape index (κ3) is 3.62. The number of aliphatic hydroxyl groups excluding tert-OH is 1. The molecule has 0 radical (unpaired) electrons. The van der Waals surface area contributed by atoms with Gasteiger partial charge < -0.3 is 14.5 Å². The minimum Gasteiger partial charge on any atom is -0.396 e. The van der Waals surface area contributed by atoms with Gasteiger partial charge in [0.1, 0.15) is 0 Å². The summed E-state index contributed by atoms with van der Waals surface area (Å²) in [5.41, 5.74) is 1.59. The highest BCUT2D eigenvalue weighted by Gasteiger charge is 2.29. The fourth-order valence-electron chi connectivity index (χ4n) is 3.07. The zero-order valence-corrected chi connectivity index (χ0v) is 13.3. The molecule has 0 spiro atoms. The lowest BCUT2D eigenvalue weighted by molar-refractivity contribution is -0.135. The number of carbonyl (C=O) groups excluding carboxylic acids is 1. The van der Waals surface area contributed by atoms with E-state index < -0.39 is 0 Å². The van der Waals surface area contributed by atoms with Crippen molar-refractivity contribution in [2.75, 3.05) is 13.2 Å². The summed E-state index contributed by atoms with van der Waals surface area (Å²) in [5.74, 6) is 0.907. The van der Waals surface area contributed by atoms with E-state index in [-0.39, 0.29) is 30.9 Å². The fourth-order valence-corrected chi connectivity index (χ4v) is 3.07. The number of aliphatic hydroxyl groups is 1. The van der Waals surface area contributed by atoms with Crippen LogP contribution in [0.15, 0.2) is 40.9 Å². The van der Waals surface area contributed by atoms with Crippen molar-refractivity contribution >= 4 is 5.91 Å². The van der Waals surface area contributed by atoms with Crippen molar-refractivity contribution in [3.63, 3.8) is 0 Å². The first-order valence-electron chi connectivity index (χ1n) is 8.08. The van der Waals surface area contributed by atoms with Gasteiger partial charge in [-0.25, -0.2) is 0 Å². The number of aromatic nitrogens is 1. The molecular weight excluding hydrogens is 292 g/mol. The molecule has 1 aromatic carbocycles. The number of nitrogens with zero attached hydrogens (tertiary/aromatic N) is 2. The van der Waals surface area contributed by atoms with Crippen LogP contribution >= 0.6 is 0 Å². The van der Waals surface area contributed by atoms with Gasteiger partial charge in [0.25, 0.3) is 0 Å². The largest absolute Gasteiger partial charge is 0.396 e. The smallest absolute Gasteiger partial charge is 0.228 e. The van der Waals surface area contributed by atoms with Gasteiger partial charge in [0.2, 0.25) is 5.91 Å². The van der Waals surface area contributed by atoms with Crippen molar-refractivity contribution in [1.29, 1.82) is 0 Å². The summed E-state index contributed by atoms with van der Waals surface area (Å²) >= 11 is 0. The van der Waals surface area contributed by atoms with Crippen molar-refractivity contribution in [3.05, 3.63) is 42.1 Å². The van der Waals surface area contributed by atoms with Crippen LogP contribution in [0, 0.1) is 5.92 Å². The van der Waals surface area contributed by atoms with Crippen LogP contribution < -0.4 is 0 Å². The molecule has 2 aromatic rings. The summed E-state index contributed by atoms with van der Waals surface area (Å²) in [6.45, 7) is 2.82. The van der Waals surface area contributed by atoms with E-state index in [2.05, 4.69) is 12.1 Å². The minimum atomic E-state index is 0.0450. The lowest BCUT2D eigenvalue weighted by Crippen LogP contribution is -2.47. The van der Waals surface area contributed by atoms with Gasteiger partial charge in [0.05, 0.1) is 12.1 Å². The molecule has 1 aromatic heterocycles. The molecule has 2 heterocycles. The second-order valence-electron chi connectivity index (χ2n) is 6.25. The van der Waals surface area contributed by atoms with Gasteiger partial charge in [-0.3, -0.25) is 4.79 Å². The molecule has 1 saturated heterocycles. The zero-order valence-electron chi connectivity index (χ0n) is 13.3. The van der Waals surface area contributed by atoms with Crippen LogP contribution in [-0.2, 0) is 11.2 Å². The SMILES string of the molecule is CC1CCC(CO)CN1C(=O)Cc1cc(-c2ccccc2)on1. The molecule has 0 saturated carbocycles. The molecule has 122 valence electrons. The van der Waals surface area contributed by atoms with Gasteiger partial charge in [-0.05, 0) is 25.7 Å². The number of hydrogen-bond donors (Lipinski definition) is 1. The van der Waals surface area contributed by atoms with Crippen LogP contribution in [0.25, 0.3) is 11.3 Å². The minimum absolute atomic E-state index is 0.0450. The zero-order chi connectivity index (χ0) is 16.2. The lowest BCUT2D eigenvalue weighted by Gasteiger charge is -2.37. The van der Waals surface area contributed by atoms with E-state index >= 15 is 0 Å². The highest BCUT2D eigenvalue weighted by Crippen LogP contribution is 2.24. The number of hydrogen-bond acceptors (Lipinski definition) is 4. The fraction of sp³-hybridized carbons (Fsp3) is 0.444. The molecule has 0 bridgehead atoms. The van der Waals surface area contributed by atoms with Crippen molar-refractivity contribution in [1.82, 2.24) is 10.1 Å². The van der Waals surface area contributed by atoms with Gasteiger partial charge in [0.15, 0.2) is 5.76 Å².